The van der Waals surface area contributed by atoms with Gasteiger partial charge < -0.3 is 14.5 Å². The van der Waals surface area contributed by atoms with Crippen LogP contribution in [-0.2, 0) is 9.53 Å². The van der Waals surface area contributed by atoms with Crippen LogP contribution in [0.3, 0.4) is 0 Å². The van der Waals surface area contributed by atoms with Crippen LogP contribution < -0.4 is 4.90 Å². The molecule has 168 valence electrons. The lowest BCUT2D eigenvalue weighted by Gasteiger charge is -2.41. The molecular formula is C24H25N7O2. The molecule has 3 fully saturated rings. The van der Waals surface area contributed by atoms with Gasteiger partial charge in [-0.2, -0.15) is 10.4 Å². The second-order valence-electron chi connectivity index (χ2n) is 9.16. The predicted octanol–water partition coefficient (Wildman–Crippen LogP) is 2.34. The lowest BCUT2D eigenvalue weighted by Crippen LogP contribution is -2.56. The quantitative estimate of drug-likeness (QED) is 0.576. The number of anilines is 1. The fraction of sp³-hybridized carbons (Fsp3) is 0.458. The fourth-order valence-corrected chi connectivity index (χ4v) is 5.28. The van der Waals surface area contributed by atoms with Crippen molar-refractivity contribution in [2.75, 3.05) is 24.6 Å². The maximum atomic E-state index is 13.1. The Kier molecular flexibility index (Phi) is 4.95. The second-order valence-corrected chi connectivity index (χ2v) is 9.16. The first-order valence-electron chi connectivity index (χ1n) is 11.5. The number of hydrogen-bond acceptors (Lipinski definition) is 7. The molecule has 1 aliphatic carbocycles. The molecule has 3 aromatic heterocycles. The number of hydrogen-bond donors (Lipinski definition) is 0. The number of carbonyl (C=O) groups excluding carboxylic acids is 1. The topological polar surface area (TPSA) is 99.7 Å². The molecule has 9 nitrogen and oxygen atoms in total. The molecular weight excluding hydrogens is 418 g/mol. The number of nitrogens with zero attached hydrogens (tertiary/aromatic N) is 7. The monoisotopic (exact) mass is 443 g/mol. The first-order valence-corrected chi connectivity index (χ1v) is 11.5. The molecule has 5 heterocycles. The van der Waals surface area contributed by atoms with Crippen molar-refractivity contribution in [2.45, 2.75) is 43.9 Å². The van der Waals surface area contributed by atoms with Crippen LogP contribution >= 0.6 is 0 Å². The molecule has 3 unspecified atom stereocenters. The van der Waals surface area contributed by atoms with Gasteiger partial charge in [-0.15, -0.1) is 0 Å². The van der Waals surface area contributed by atoms with Crippen LogP contribution in [0.25, 0.3) is 5.65 Å². The zero-order chi connectivity index (χ0) is 22.4. The summed E-state index contributed by atoms with van der Waals surface area (Å²) >= 11 is 0. The summed E-state index contributed by atoms with van der Waals surface area (Å²) in [5.41, 5.74) is 2.30. The van der Waals surface area contributed by atoms with Crippen molar-refractivity contribution in [2.24, 2.45) is 5.92 Å². The summed E-state index contributed by atoms with van der Waals surface area (Å²) in [6, 6.07) is 12.2. The van der Waals surface area contributed by atoms with E-state index in [1.165, 1.54) is 0 Å². The Hall–Kier alpha value is -3.51. The Morgan fingerprint density at radius 1 is 1.12 bits per heavy atom. The number of carbonyl (C=O) groups is 1. The van der Waals surface area contributed by atoms with E-state index in [4.69, 9.17) is 10.00 Å². The van der Waals surface area contributed by atoms with Gasteiger partial charge in [0.2, 0.25) is 5.91 Å². The average Bonchev–Trinajstić information content (AvgIpc) is 3.50. The molecule has 0 aromatic carbocycles. The molecule has 0 radical (unpaired) electrons. The zero-order valence-corrected chi connectivity index (χ0v) is 18.2. The van der Waals surface area contributed by atoms with E-state index < -0.39 is 0 Å². The Labute approximate surface area is 191 Å². The van der Waals surface area contributed by atoms with Crippen LogP contribution in [0.2, 0.25) is 0 Å². The van der Waals surface area contributed by atoms with E-state index in [0.29, 0.717) is 24.6 Å². The maximum Gasteiger partial charge on any atom is 0.248 e. The predicted molar refractivity (Wildman–Crippen MR) is 119 cm³/mol. The molecule has 3 atom stereocenters. The van der Waals surface area contributed by atoms with Gasteiger partial charge in [-0.3, -0.25) is 4.79 Å². The van der Waals surface area contributed by atoms with E-state index in [0.717, 1.165) is 42.8 Å². The Balaban J connectivity index is 1.13. The summed E-state index contributed by atoms with van der Waals surface area (Å²) < 4.78 is 8.05. The van der Waals surface area contributed by atoms with Crippen molar-refractivity contribution in [3.63, 3.8) is 0 Å². The number of likely N-dealkylation sites (tertiary alicyclic amines) is 1. The third-order valence-corrected chi connectivity index (χ3v) is 7.04. The molecule has 9 heteroatoms. The summed E-state index contributed by atoms with van der Waals surface area (Å²) in [5.74, 6) is 1.35. The maximum absolute atomic E-state index is 13.1. The number of amides is 1. The zero-order valence-electron chi connectivity index (χ0n) is 18.2. The summed E-state index contributed by atoms with van der Waals surface area (Å²) in [5, 5.41) is 13.4. The van der Waals surface area contributed by atoms with E-state index in [1.54, 1.807) is 18.6 Å². The summed E-state index contributed by atoms with van der Waals surface area (Å²) in [4.78, 5) is 26.2. The van der Waals surface area contributed by atoms with Crippen molar-refractivity contribution >= 4 is 17.4 Å². The minimum Gasteiger partial charge on any atom is -0.362 e. The molecule has 0 spiro atoms. The van der Waals surface area contributed by atoms with Gasteiger partial charge in [0.05, 0.1) is 11.3 Å². The molecule has 33 heavy (non-hydrogen) atoms. The van der Waals surface area contributed by atoms with Crippen LogP contribution in [0.5, 0.6) is 0 Å². The number of aromatic nitrogens is 4. The van der Waals surface area contributed by atoms with Gasteiger partial charge in [-0.05, 0) is 55.9 Å². The third-order valence-electron chi connectivity index (χ3n) is 7.04. The number of pyridine rings is 2. The van der Waals surface area contributed by atoms with Crippen LogP contribution in [0.4, 0.5) is 5.82 Å². The number of ether oxygens (including phenoxy) is 1. The van der Waals surface area contributed by atoms with Crippen LogP contribution in [0.15, 0.2) is 42.9 Å². The van der Waals surface area contributed by atoms with Gasteiger partial charge in [0.15, 0.2) is 5.65 Å². The molecule has 1 saturated carbocycles. The number of fused-ring (bicyclic) bond motifs is 3. The van der Waals surface area contributed by atoms with Gasteiger partial charge in [-0.1, -0.05) is 6.07 Å². The van der Waals surface area contributed by atoms with E-state index in [-0.39, 0.29) is 30.7 Å². The van der Waals surface area contributed by atoms with Crippen LogP contribution in [0.1, 0.15) is 43.0 Å². The highest BCUT2D eigenvalue weighted by Gasteiger charge is 2.42. The first kappa shape index (κ1) is 20.1. The molecule has 3 aromatic rings. The first-order chi connectivity index (χ1) is 16.2. The van der Waals surface area contributed by atoms with Crippen molar-refractivity contribution in [3.05, 3.63) is 54.1 Å². The largest absolute Gasteiger partial charge is 0.362 e. The average molecular weight is 444 g/mol. The minimum atomic E-state index is -0.153. The number of nitriles is 1. The van der Waals surface area contributed by atoms with Crippen LogP contribution in [0, 0.1) is 17.2 Å². The Morgan fingerprint density at radius 2 is 1.94 bits per heavy atom. The van der Waals surface area contributed by atoms with Crippen LogP contribution in [-0.4, -0.2) is 62.2 Å². The normalized spacial score (nSPS) is 23.0. The lowest BCUT2D eigenvalue weighted by atomic mass is 10.1. The highest BCUT2D eigenvalue weighted by Crippen LogP contribution is 2.43. The van der Waals surface area contributed by atoms with Gasteiger partial charge >= 0.3 is 0 Å². The highest BCUT2D eigenvalue weighted by molar-refractivity contribution is 5.78. The molecule has 3 aliphatic rings. The number of piperazine rings is 1. The molecule has 0 N–H and O–H groups in total. The minimum absolute atomic E-state index is 0.0377. The molecule has 2 bridgehead atoms. The van der Waals surface area contributed by atoms with Crippen molar-refractivity contribution in [1.82, 2.24) is 24.5 Å². The van der Waals surface area contributed by atoms with E-state index in [2.05, 4.69) is 26.0 Å². The molecule has 2 saturated heterocycles. The summed E-state index contributed by atoms with van der Waals surface area (Å²) in [6.45, 7) is 1.42. The fourth-order valence-electron chi connectivity index (χ4n) is 5.28. The molecule has 1 amide bonds. The smallest absolute Gasteiger partial charge is 0.248 e. The van der Waals surface area contributed by atoms with Gasteiger partial charge in [0.25, 0.3) is 0 Å². The SMILES string of the molecule is N#Cc1ccc(N2C3CCC2CN(C(=O)COC(c2cccc4ncnn24)C2CC2)C3)nc1. The summed E-state index contributed by atoms with van der Waals surface area (Å²) in [6.07, 6.45) is 7.29. The lowest BCUT2D eigenvalue weighted by molar-refractivity contribution is -0.140. The van der Waals surface area contributed by atoms with Gasteiger partial charge in [-0.25, -0.2) is 14.5 Å². The van der Waals surface area contributed by atoms with Crippen molar-refractivity contribution in [3.8, 4) is 6.07 Å². The van der Waals surface area contributed by atoms with Crippen molar-refractivity contribution in [1.29, 1.82) is 5.26 Å². The second kappa shape index (κ2) is 8.12. The van der Waals surface area contributed by atoms with Gasteiger partial charge in [0, 0.05) is 31.4 Å². The van der Waals surface area contributed by atoms with E-state index >= 15 is 0 Å². The Morgan fingerprint density at radius 3 is 2.64 bits per heavy atom. The Bertz CT molecular complexity index is 1200. The molecule has 6 rings (SSSR count). The third kappa shape index (κ3) is 3.70. The number of rotatable bonds is 6. The molecule has 2 aliphatic heterocycles. The van der Waals surface area contributed by atoms with E-state index in [9.17, 15) is 4.79 Å². The van der Waals surface area contributed by atoms with Gasteiger partial charge in [0.1, 0.15) is 30.9 Å². The van der Waals surface area contributed by atoms with E-state index in [1.807, 2.05) is 33.7 Å². The van der Waals surface area contributed by atoms with Crippen molar-refractivity contribution < 1.29 is 9.53 Å². The highest BCUT2D eigenvalue weighted by atomic mass is 16.5. The summed E-state index contributed by atoms with van der Waals surface area (Å²) in [7, 11) is 0. The standard InChI is InChI=1S/C24H25N7O2/c25-10-16-4-9-21(26-11-16)30-18-7-8-19(30)13-29(12-18)23(32)14-33-24(17-5-6-17)20-2-1-3-22-27-15-28-31(20)22/h1-4,9,11,15,17-19,24H,5-8,12-14H2.